The zero-order valence-electron chi connectivity index (χ0n) is 16.5. The number of carbonyl (C=O) groups is 1. The highest BCUT2D eigenvalue weighted by molar-refractivity contribution is 5.69. The largest absolute Gasteiger partial charge is 0.469 e. The summed E-state index contributed by atoms with van der Waals surface area (Å²) in [5.74, 6) is -0.333. The molecule has 0 spiro atoms. The van der Waals surface area contributed by atoms with Crippen LogP contribution in [0.2, 0.25) is 0 Å². The van der Waals surface area contributed by atoms with Crippen molar-refractivity contribution in [2.24, 2.45) is 0 Å². The van der Waals surface area contributed by atoms with Crippen LogP contribution in [-0.4, -0.2) is 59.5 Å². The van der Waals surface area contributed by atoms with Gasteiger partial charge in [-0.25, -0.2) is 0 Å². The Morgan fingerprint density at radius 2 is 1.68 bits per heavy atom. The summed E-state index contributed by atoms with van der Waals surface area (Å²) in [5.41, 5.74) is 0. The second kappa shape index (κ2) is 12.7. The van der Waals surface area contributed by atoms with E-state index < -0.39 is 6.10 Å². The summed E-state index contributed by atoms with van der Waals surface area (Å²) in [5, 5.41) is 19.4. The van der Waals surface area contributed by atoms with E-state index in [1.54, 1.807) is 0 Å². The number of aliphatic hydroxyl groups is 2. The second-order valence-corrected chi connectivity index (χ2v) is 7.69. The lowest BCUT2D eigenvalue weighted by Crippen LogP contribution is -2.38. The summed E-state index contributed by atoms with van der Waals surface area (Å²) in [6.45, 7) is 1.90. The van der Waals surface area contributed by atoms with Gasteiger partial charge in [0.25, 0.3) is 0 Å². The van der Waals surface area contributed by atoms with Crippen molar-refractivity contribution in [1.82, 2.24) is 4.90 Å². The zero-order valence-corrected chi connectivity index (χ0v) is 16.5. The van der Waals surface area contributed by atoms with Crippen molar-refractivity contribution in [2.75, 3.05) is 14.2 Å². The maximum atomic E-state index is 11.0. The second-order valence-electron chi connectivity index (χ2n) is 7.69. The first-order valence-electron chi connectivity index (χ1n) is 10.1. The topological polar surface area (TPSA) is 70.0 Å². The molecule has 148 valence electrons. The lowest BCUT2D eigenvalue weighted by Gasteiger charge is -2.27. The fraction of sp³-hybridized carbons (Fsp3) is 0.950. The number of carbonyl (C=O) groups excluding carboxylic acids is 1. The molecular formula is C20H39NO4. The Bertz CT molecular complexity index is 362. The van der Waals surface area contributed by atoms with Crippen LogP contribution < -0.4 is 0 Å². The Hall–Kier alpha value is -0.650. The molecule has 4 atom stereocenters. The van der Waals surface area contributed by atoms with Crippen molar-refractivity contribution in [1.29, 1.82) is 0 Å². The van der Waals surface area contributed by atoms with Crippen LogP contribution in [0.25, 0.3) is 0 Å². The summed E-state index contributed by atoms with van der Waals surface area (Å²) >= 11 is 0. The molecule has 0 aromatic carbocycles. The van der Waals surface area contributed by atoms with E-state index in [1.807, 2.05) is 6.92 Å². The van der Waals surface area contributed by atoms with Gasteiger partial charge in [-0.15, -0.1) is 0 Å². The van der Waals surface area contributed by atoms with Gasteiger partial charge >= 0.3 is 5.97 Å². The standard InChI is InChI=1S/C20H39NO4/c1-16(22)19-14-13-17(21(19)2)11-9-7-5-4-6-8-10-12-18(23)15-20(24)25-3/h16-19,22-23H,4-15H2,1-3H3/t16-,17-,18+,19?/m0/s1. The molecule has 1 unspecified atom stereocenters. The van der Waals surface area contributed by atoms with Gasteiger partial charge in [0.1, 0.15) is 0 Å². The fourth-order valence-electron chi connectivity index (χ4n) is 3.99. The number of nitrogens with zero attached hydrogens (tertiary/aromatic N) is 1. The molecule has 1 aliphatic heterocycles. The van der Waals surface area contributed by atoms with Crippen LogP contribution in [0, 0.1) is 0 Å². The first kappa shape index (κ1) is 22.4. The molecule has 1 rings (SSSR count). The number of unbranched alkanes of at least 4 members (excludes halogenated alkanes) is 6. The molecule has 0 aromatic rings. The average Bonchev–Trinajstić information content (AvgIpc) is 2.94. The number of ether oxygens (including phenoxy) is 1. The number of hydrogen-bond acceptors (Lipinski definition) is 5. The van der Waals surface area contributed by atoms with Gasteiger partial charge in [-0.1, -0.05) is 44.9 Å². The molecule has 5 heteroatoms. The molecule has 0 radical (unpaired) electrons. The van der Waals surface area contributed by atoms with E-state index in [4.69, 9.17) is 0 Å². The maximum absolute atomic E-state index is 11.0. The van der Waals surface area contributed by atoms with E-state index in [-0.39, 0.29) is 18.5 Å². The van der Waals surface area contributed by atoms with Crippen LogP contribution in [-0.2, 0) is 9.53 Å². The molecule has 1 aliphatic rings. The lowest BCUT2D eigenvalue weighted by atomic mass is 10.0. The number of hydrogen-bond donors (Lipinski definition) is 2. The number of likely N-dealkylation sites (tertiary alicyclic amines) is 1. The Kier molecular flexibility index (Phi) is 11.3. The van der Waals surface area contributed by atoms with E-state index in [2.05, 4.69) is 16.7 Å². The fourth-order valence-corrected chi connectivity index (χ4v) is 3.99. The van der Waals surface area contributed by atoms with Crippen LogP contribution >= 0.6 is 0 Å². The SMILES string of the molecule is COC(=O)C[C@H](O)CCCCCCCCC[C@H]1CCC([C@H](C)O)N1C. The molecule has 1 heterocycles. The lowest BCUT2D eigenvalue weighted by molar-refractivity contribution is -0.142. The molecule has 1 fully saturated rings. The van der Waals surface area contributed by atoms with Gasteiger partial charge in [-0.05, 0) is 39.7 Å². The van der Waals surface area contributed by atoms with Gasteiger partial charge in [-0.3, -0.25) is 9.69 Å². The third-order valence-electron chi connectivity index (χ3n) is 5.66. The maximum Gasteiger partial charge on any atom is 0.308 e. The normalized spacial score (nSPS) is 23.6. The number of likely N-dealkylation sites (N-methyl/N-ethyl adjacent to an activating group) is 1. The average molecular weight is 358 g/mol. The first-order chi connectivity index (χ1) is 12.0. The van der Waals surface area contributed by atoms with Gasteiger partial charge < -0.3 is 14.9 Å². The van der Waals surface area contributed by atoms with Crippen LogP contribution in [0.15, 0.2) is 0 Å². The smallest absolute Gasteiger partial charge is 0.308 e. The van der Waals surface area contributed by atoms with E-state index in [0.717, 1.165) is 19.3 Å². The summed E-state index contributed by atoms with van der Waals surface area (Å²) in [7, 11) is 3.51. The molecule has 0 saturated carbocycles. The highest BCUT2D eigenvalue weighted by atomic mass is 16.5. The molecule has 5 nitrogen and oxygen atoms in total. The first-order valence-corrected chi connectivity index (χ1v) is 10.1. The van der Waals surface area contributed by atoms with Gasteiger partial charge in [0.15, 0.2) is 0 Å². The van der Waals surface area contributed by atoms with Gasteiger partial charge in [0.05, 0.1) is 25.7 Å². The third kappa shape index (κ3) is 9.02. The van der Waals surface area contributed by atoms with E-state index in [1.165, 1.54) is 52.1 Å². The van der Waals surface area contributed by atoms with Gasteiger partial charge in [0.2, 0.25) is 0 Å². The number of esters is 1. The van der Waals surface area contributed by atoms with E-state index in [9.17, 15) is 15.0 Å². The van der Waals surface area contributed by atoms with Crippen molar-refractivity contribution in [3.05, 3.63) is 0 Å². The molecule has 0 aliphatic carbocycles. The molecule has 25 heavy (non-hydrogen) atoms. The monoisotopic (exact) mass is 357 g/mol. The number of aliphatic hydroxyl groups excluding tert-OH is 2. The minimum absolute atomic E-state index is 0.113. The van der Waals surface area contributed by atoms with Crippen LogP contribution in [0.3, 0.4) is 0 Å². The molecule has 1 saturated heterocycles. The molecule has 0 bridgehead atoms. The van der Waals surface area contributed by atoms with Crippen LogP contribution in [0.5, 0.6) is 0 Å². The predicted octanol–water partition coefficient (Wildman–Crippen LogP) is 3.26. The molecular weight excluding hydrogens is 318 g/mol. The Morgan fingerprint density at radius 3 is 2.24 bits per heavy atom. The number of rotatable bonds is 13. The highest BCUT2D eigenvalue weighted by Crippen LogP contribution is 2.28. The minimum atomic E-state index is -0.554. The molecule has 0 aromatic heterocycles. The quantitative estimate of drug-likeness (QED) is 0.391. The summed E-state index contributed by atoms with van der Waals surface area (Å²) < 4.78 is 4.55. The summed E-state index contributed by atoms with van der Waals surface area (Å²) in [6, 6.07) is 0.996. The van der Waals surface area contributed by atoms with Crippen molar-refractivity contribution in [2.45, 2.75) is 108 Å². The van der Waals surface area contributed by atoms with Crippen LogP contribution in [0.1, 0.15) is 84.0 Å². The van der Waals surface area contributed by atoms with E-state index in [0.29, 0.717) is 18.5 Å². The summed E-state index contributed by atoms with van der Waals surface area (Å²) in [6.07, 6.45) is 12.0. The van der Waals surface area contributed by atoms with Gasteiger partial charge in [0, 0.05) is 12.1 Å². The number of methoxy groups -OCH3 is 1. The summed E-state index contributed by atoms with van der Waals surface area (Å²) in [4.78, 5) is 13.4. The van der Waals surface area contributed by atoms with Crippen LogP contribution in [0.4, 0.5) is 0 Å². The minimum Gasteiger partial charge on any atom is -0.469 e. The predicted molar refractivity (Wildman–Crippen MR) is 100 cm³/mol. The Morgan fingerprint density at radius 1 is 1.08 bits per heavy atom. The van der Waals surface area contributed by atoms with Gasteiger partial charge in [-0.2, -0.15) is 0 Å². The highest BCUT2D eigenvalue weighted by Gasteiger charge is 2.32. The van der Waals surface area contributed by atoms with Crippen molar-refractivity contribution in [3.63, 3.8) is 0 Å². The van der Waals surface area contributed by atoms with Crippen molar-refractivity contribution < 1.29 is 19.7 Å². The zero-order chi connectivity index (χ0) is 18.7. The molecule has 0 amide bonds. The van der Waals surface area contributed by atoms with Crippen molar-refractivity contribution >= 4 is 5.97 Å². The molecule has 2 N–H and O–H groups in total. The Balaban J connectivity index is 1.92. The third-order valence-corrected chi connectivity index (χ3v) is 5.66. The van der Waals surface area contributed by atoms with E-state index >= 15 is 0 Å². The Labute approximate surface area is 153 Å². The van der Waals surface area contributed by atoms with Crippen molar-refractivity contribution in [3.8, 4) is 0 Å².